The standard InChI is InChI=1S/C9H6N2/c1-7-3-2-4-8(5-10)9(7)6-11/h2-4H,1H3. The number of aryl methyl sites for hydroxylation is 1. The van der Waals surface area contributed by atoms with Gasteiger partial charge in [-0.3, -0.25) is 0 Å². The molecule has 0 heterocycles. The van der Waals surface area contributed by atoms with Crippen molar-refractivity contribution in [3.05, 3.63) is 34.9 Å². The molecule has 1 aromatic carbocycles. The summed E-state index contributed by atoms with van der Waals surface area (Å²) < 4.78 is 0. The van der Waals surface area contributed by atoms with Crippen LogP contribution in [0.4, 0.5) is 0 Å². The Morgan fingerprint density at radius 1 is 1.18 bits per heavy atom. The van der Waals surface area contributed by atoms with Gasteiger partial charge in [0.1, 0.15) is 12.1 Å². The number of hydrogen-bond acceptors (Lipinski definition) is 2. The Morgan fingerprint density at radius 3 is 2.36 bits per heavy atom. The highest BCUT2D eigenvalue weighted by Gasteiger charge is 2.01. The summed E-state index contributed by atoms with van der Waals surface area (Å²) in [6.45, 7) is 1.82. The zero-order chi connectivity index (χ0) is 8.27. The molecule has 0 bridgehead atoms. The van der Waals surface area contributed by atoms with E-state index in [0.29, 0.717) is 11.1 Å². The van der Waals surface area contributed by atoms with Crippen molar-refractivity contribution in [1.82, 2.24) is 0 Å². The molecule has 0 aliphatic rings. The van der Waals surface area contributed by atoms with Gasteiger partial charge in [0.25, 0.3) is 0 Å². The van der Waals surface area contributed by atoms with Crippen molar-refractivity contribution in [1.29, 1.82) is 10.5 Å². The fourth-order valence-corrected chi connectivity index (χ4v) is 0.909. The maximum Gasteiger partial charge on any atom is 0.101 e. The molecule has 0 aliphatic carbocycles. The summed E-state index contributed by atoms with van der Waals surface area (Å²) in [7, 11) is 0. The highest BCUT2D eigenvalue weighted by atomic mass is 14.3. The van der Waals surface area contributed by atoms with Crippen LogP contribution in [0.25, 0.3) is 0 Å². The fraction of sp³-hybridized carbons (Fsp3) is 0.111. The Morgan fingerprint density at radius 2 is 1.91 bits per heavy atom. The van der Waals surface area contributed by atoms with E-state index < -0.39 is 0 Å². The van der Waals surface area contributed by atoms with Crippen LogP contribution in [0.5, 0.6) is 0 Å². The number of rotatable bonds is 0. The largest absolute Gasteiger partial charge is 0.192 e. The summed E-state index contributed by atoms with van der Waals surface area (Å²) in [6, 6.07) is 9.19. The molecule has 0 unspecified atom stereocenters. The minimum atomic E-state index is 0.451. The van der Waals surface area contributed by atoms with Gasteiger partial charge in [0.15, 0.2) is 0 Å². The molecular formula is C9H6N2. The van der Waals surface area contributed by atoms with Crippen LogP contribution in [-0.4, -0.2) is 0 Å². The SMILES string of the molecule is Cc1cccc(C#N)c1C#N. The van der Waals surface area contributed by atoms with E-state index in [1.807, 2.05) is 25.1 Å². The average molecular weight is 142 g/mol. The van der Waals surface area contributed by atoms with E-state index in [0.717, 1.165) is 5.56 Å². The maximum absolute atomic E-state index is 8.63. The van der Waals surface area contributed by atoms with Gasteiger partial charge in [0.05, 0.1) is 11.1 Å². The highest BCUT2D eigenvalue weighted by Crippen LogP contribution is 2.10. The number of benzene rings is 1. The maximum atomic E-state index is 8.63. The molecule has 0 saturated carbocycles. The first kappa shape index (κ1) is 7.31. The lowest BCUT2D eigenvalue weighted by atomic mass is 10.0. The molecular weight excluding hydrogens is 136 g/mol. The van der Waals surface area contributed by atoms with Gasteiger partial charge < -0.3 is 0 Å². The summed E-state index contributed by atoms with van der Waals surface area (Å²) in [5.41, 5.74) is 1.79. The fourth-order valence-electron chi connectivity index (χ4n) is 0.909. The first-order valence-corrected chi connectivity index (χ1v) is 3.19. The molecule has 1 rings (SSSR count). The average Bonchev–Trinajstić information content (AvgIpc) is 2.04. The van der Waals surface area contributed by atoms with Crippen molar-refractivity contribution < 1.29 is 0 Å². The molecule has 0 fully saturated rings. The summed E-state index contributed by atoms with van der Waals surface area (Å²) in [6.07, 6.45) is 0. The van der Waals surface area contributed by atoms with Gasteiger partial charge in [0, 0.05) is 0 Å². The van der Waals surface area contributed by atoms with Crippen LogP contribution in [0.15, 0.2) is 18.2 Å². The molecule has 0 radical (unpaired) electrons. The highest BCUT2D eigenvalue weighted by molar-refractivity contribution is 5.49. The van der Waals surface area contributed by atoms with Crippen molar-refractivity contribution in [3.63, 3.8) is 0 Å². The summed E-state index contributed by atoms with van der Waals surface area (Å²) in [5.74, 6) is 0. The second kappa shape index (κ2) is 2.86. The monoisotopic (exact) mass is 142 g/mol. The van der Waals surface area contributed by atoms with Gasteiger partial charge in [-0.05, 0) is 18.6 Å². The third-order valence-electron chi connectivity index (χ3n) is 1.51. The van der Waals surface area contributed by atoms with Crippen LogP contribution in [0.1, 0.15) is 16.7 Å². The van der Waals surface area contributed by atoms with E-state index in [1.165, 1.54) is 0 Å². The first-order valence-electron chi connectivity index (χ1n) is 3.19. The molecule has 0 saturated heterocycles. The van der Waals surface area contributed by atoms with Crippen molar-refractivity contribution in [3.8, 4) is 12.1 Å². The third kappa shape index (κ3) is 1.20. The van der Waals surface area contributed by atoms with E-state index in [-0.39, 0.29) is 0 Å². The van der Waals surface area contributed by atoms with Crippen molar-refractivity contribution in [2.45, 2.75) is 6.92 Å². The van der Waals surface area contributed by atoms with Gasteiger partial charge in [-0.2, -0.15) is 10.5 Å². The van der Waals surface area contributed by atoms with E-state index in [1.54, 1.807) is 12.1 Å². The molecule has 0 aliphatic heterocycles. The topological polar surface area (TPSA) is 47.6 Å². The molecule has 0 amide bonds. The second-order valence-electron chi connectivity index (χ2n) is 2.22. The van der Waals surface area contributed by atoms with Crippen LogP contribution in [0.3, 0.4) is 0 Å². The predicted octanol–water partition coefficient (Wildman–Crippen LogP) is 1.74. The van der Waals surface area contributed by atoms with Gasteiger partial charge in [-0.1, -0.05) is 12.1 Å². The van der Waals surface area contributed by atoms with E-state index in [4.69, 9.17) is 10.5 Å². The normalized spacial score (nSPS) is 8.27. The number of nitriles is 2. The Kier molecular flexibility index (Phi) is 1.90. The first-order chi connectivity index (χ1) is 5.29. The molecule has 2 heteroatoms. The van der Waals surface area contributed by atoms with Crippen LogP contribution in [0.2, 0.25) is 0 Å². The molecule has 1 aromatic rings. The van der Waals surface area contributed by atoms with E-state index in [2.05, 4.69) is 0 Å². The Bertz CT molecular complexity index is 353. The predicted molar refractivity (Wildman–Crippen MR) is 40.6 cm³/mol. The lowest BCUT2D eigenvalue weighted by molar-refractivity contribution is 1.36. The molecule has 2 nitrogen and oxygen atoms in total. The Labute approximate surface area is 65.3 Å². The minimum absolute atomic E-state index is 0.451. The summed E-state index contributed by atoms with van der Waals surface area (Å²) in [5, 5.41) is 17.2. The van der Waals surface area contributed by atoms with Crippen molar-refractivity contribution in [2.24, 2.45) is 0 Å². The lowest BCUT2D eigenvalue weighted by Crippen LogP contribution is -1.86. The molecule has 0 N–H and O–H groups in total. The Balaban J connectivity index is 3.42. The zero-order valence-corrected chi connectivity index (χ0v) is 6.13. The number of hydrogen-bond donors (Lipinski definition) is 0. The quantitative estimate of drug-likeness (QED) is 0.553. The van der Waals surface area contributed by atoms with Crippen molar-refractivity contribution >= 4 is 0 Å². The van der Waals surface area contributed by atoms with Gasteiger partial charge in [-0.15, -0.1) is 0 Å². The van der Waals surface area contributed by atoms with Crippen LogP contribution in [-0.2, 0) is 0 Å². The van der Waals surface area contributed by atoms with Gasteiger partial charge in [-0.25, -0.2) is 0 Å². The van der Waals surface area contributed by atoms with Gasteiger partial charge in [0.2, 0.25) is 0 Å². The zero-order valence-electron chi connectivity index (χ0n) is 6.13. The lowest BCUT2D eigenvalue weighted by Gasteiger charge is -1.96. The molecule has 0 atom stereocenters. The smallest absolute Gasteiger partial charge is 0.101 e. The summed E-state index contributed by atoms with van der Waals surface area (Å²) in [4.78, 5) is 0. The van der Waals surface area contributed by atoms with Crippen LogP contribution in [0, 0.1) is 29.6 Å². The molecule has 11 heavy (non-hydrogen) atoms. The van der Waals surface area contributed by atoms with Crippen molar-refractivity contribution in [2.75, 3.05) is 0 Å². The number of nitrogens with zero attached hydrogens (tertiary/aromatic N) is 2. The van der Waals surface area contributed by atoms with E-state index >= 15 is 0 Å². The van der Waals surface area contributed by atoms with Gasteiger partial charge >= 0.3 is 0 Å². The molecule has 0 spiro atoms. The summed E-state index contributed by atoms with van der Waals surface area (Å²) >= 11 is 0. The Hall–Kier alpha value is -1.80. The second-order valence-corrected chi connectivity index (χ2v) is 2.22. The molecule has 52 valence electrons. The molecule has 0 aromatic heterocycles. The van der Waals surface area contributed by atoms with E-state index in [9.17, 15) is 0 Å². The van der Waals surface area contributed by atoms with Crippen LogP contribution < -0.4 is 0 Å². The van der Waals surface area contributed by atoms with Crippen LogP contribution >= 0.6 is 0 Å². The third-order valence-corrected chi connectivity index (χ3v) is 1.51. The minimum Gasteiger partial charge on any atom is -0.192 e.